The van der Waals surface area contributed by atoms with Crippen LogP contribution in [-0.2, 0) is 30.5 Å². The van der Waals surface area contributed by atoms with Crippen LogP contribution in [0.25, 0.3) is 0 Å². The fraction of sp³-hybridized carbons (Fsp3) is 0.571. The van der Waals surface area contributed by atoms with Crippen LogP contribution >= 0.6 is 11.8 Å². The fourth-order valence-electron chi connectivity index (χ4n) is 4.38. The molecule has 0 radical (unpaired) electrons. The van der Waals surface area contributed by atoms with Gasteiger partial charge >= 0.3 is 5.97 Å². The highest BCUT2D eigenvalue weighted by molar-refractivity contribution is 8.00. The monoisotopic (exact) mass is 465 g/mol. The van der Waals surface area contributed by atoms with Crippen molar-refractivity contribution in [2.75, 3.05) is 19.4 Å². The molecule has 2 amide bonds. The number of benzene rings is 1. The molecule has 11 heteroatoms. The second-order valence-electron chi connectivity index (χ2n) is 7.78. The second-order valence-corrected chi connectivity index (χ2v) is 9.13. The smallest absolute Gasteiger partial charge is 0.330 e. The number of β-lactam (4-membered cyclic amide) rings is 1. The lowest BCUT2D eigenvalue weighted by Crippen LogP contribution is -2.74. The molecular formula is C21H27N3O7S. The Bertz CT molecular complexity index is 888. The van der Waals surface area contributed by atoms with Gasteiger partial charge in [-0.15, -0.1) is 0 Å². The lowest BCUT2D eigenvalue weighted by atomic mass is 9.80. The van der Waals surface area contributed by atoms with Crippen LogP contribution in [0.4, 0.5) is 5.69 Å². The van der Waals surface area contributed by atoms with E-state index in [0.29, 0.717) is 30.7 Å². The predicted octanol–water partition coefficient (Wildman–Crippen LogP) is 1.65. The van der Waals surface area contributed by atoms with Gasteiger partial charge in [0, 0.05) is 43.7 Å². The van der Waals surface area contributed by atoms with Gasteiger partial charge in [0.15, 0.2) is 5.60 Å². The number of amides is 2. The van der Waals surface area contributed by atoms with Crippen LogP contribution in [0.5, 0.6) is 0 Å². The van der Waals surface area contributed by atoms with E-state index in [1.165, 1.54) is 50.1 Å². The average molecular weight is 466 g/mol. The van der Waals surface area contributed by atoms with Gasteiger partial charge in [0.25, 0.3) is 11.6 Å². The molecule has 10 nitrogen and oxygen atoms in total. The number of nitrogens with one attached hydrogen (secondary N) is 1. The molecule has 2 saturated heterocycles. The summed E-state index contributed by atoms with van der Waals surface area (Å²) in [7, 11) is 1.51. The van der Waals surface area contributed by atoms with Crippen molar-refractivity contribution in [1.82, 2.24) is 10.2 Å². The van der Waals surface area contributed by atoms with Gasteiger partial charge in [0.05, 0.1) is 11.0 Å². The van der Waals surface area contributed by atoms with Crippen molar-refractivity contribution in [2.24, 2.45) is 0 Å². The van der Waals surface area contributed by atoms with Gasteiger partial charge in [-0.3, -0.25) is 19.7 Å². The highest BCUT2D eigenvalue weighted by Gasteiger charge is 2.68. The molecule has 1 aromatic rings. The number of nitro benzene ring substituents is 1. The van der Waals surface area contributed by atoms with E-state index in [-0.39, 0.29) is 35.4 Å². The summed E-state index contributed by atoms with van der Waals surface area (Å²) in [6.45, 7) is 3.74. The number of ether oxygens (including phenoxy) is 2. The topological polar surface area (TPSA) is 128 Å². The number of hydrogen-bond donors (Lipinski definition) is 1. The van der Waals surface area contributed by atoms with Crippen LogP contribution in [-0.4, -0.2) is 69.9 Å². The van der Waals surface area contributed by atoms with Gasteiger partial charge in [0.1, 0.15) is 12.6 Å². The van der Waals surface area contributed by atoms with Gasteiger partial charge in [-0.2, -0.15) is 11.8 Å². The lowest BCUT2D eigenvalue weighted by molar-refractivity contribution is -0.384. The maximum absolute atomic E-state index is 13.0. The molecule has 2 aliphatic rings. The van der Waals surface area contributed by atoms with Crippen LogP contribution in [0, 0.1) is 10.1 Å². The molecule has 2 fully saturated rings. The number of non-ortho nitro benzene ring substituents is 1. The number of carbonyl (C=O) groups is 3. The summed E-state index contributed by atoms with van der Waals surface area (Å²) >= 11 is 1.52. The molecule has 174 valence electrons. The Morgan fingerprint density at radius 2 is 2.03 bits per heavy atom. The number of rotatable bonds is 10. The normalized spacial score (nSPS) is 26.3. The summed E-state index contributed by atoms with van der Waals surface area (Å²) in [4.78, 5) is 48.9. The summed E-state index contributed by atoms with van der Waals surface area (Å²) in [5.41, 5.74) is -0.344. The number of methoxy groups -OCH3 is 1. The molecule has 0 spiro atoms. The second kappa shape index (κ2) is 9.86. The highest BCUT2D eigenvalue weighted by atomic mass is 32.2. The molecule has 4 atom stereocenters. The first-order valence-corrected chi connectivity index (χ1v) is 11.4. The number of nitro groups is 1. The molecule has 0 saturated carbocycles. The van der Waals surface area contributed by atoms with Gasteiger partial charge in [-0.1, -0.05) is 6.92 Å². The quantitative estimate of drug-likeness (QED) is 0.182. The molecule has 4 unspecified atom stereocenters. The van der Waals surface area contributed by atoms with E-state index in [0.717, 1.165) is 0 Å². The molecule has 1 N–H and O–H groups in total. The number of esters is 1. The summed E-state index contributed by atoms with van der Waals surface area (Å²) < 4.78 is 11.1. The van der Waals surface area contributed by atoms with E-state index >= 15 is 0 Å². The molecule has 3 rings (SSSR count). The summed E-state index contributed by atoms with van der Waals surface area (Å²) in [5, 5.41) is 13.3. The number of fused-ring (bicyclic) bond motifs is 1. The van der Waals surface area contributed by atoms with Gasteiger partial charge in [-0.05, 0) is 30.5 Å². The molecule has 0 bridgehead atoms. The minimum Gasteiger partial charge on any atom is -0.459 e. The molecule has 0 aliphatic carbocycles. The van der Waals surface area contributed by atoms with E-state index < -0.39 is 22.5 Å². The third kappa shape index (κ3) is 4.44. The van der Waals surface area contributed by atoms with Crippen molar-refractivity contribution in [1.29, 1.82) is 0 Å². The molecule has 2 aliphatic heterocycles. The summed E-state index contributed by atoms with van der Waals surface area (Å²) in [6, 6.07) is 4.81. The van der Waals surface area contributed by atoms with Crippen LogP contribution in [0.2, 0.25) is 0 Å². The number of hydrogen-bond acceptors (Lipinski definition) is 8. The molecule has 0 aromatic heterocycles. The van der Waals surface area contributed by atoms with E-state index in [9.17, 15) is 24.5 Å². The zero-order valence-electron chi connectivity index (χ0n) is 18.2. The molecular weight excluding hydrogens is 438 g/mol. The Morgan fingerprint density at radius 1 is 1.34 bits per heavy atom. The van der Waals surface area contributed by atoms with Crippen molar-refractivity contribution in [3.05, 3.63) is 39.9 Å². The van der Waals surface area contributed by atoms with Crippen molar-refractivity contribution in [2.45, 2.75) is 56.2 Å². The maximum atomic E-state index is 13.0. The van der Waals surface area contributed by atoms with Crippen LogP contribution in [0.1, 0.15) is 32.3 Å². The van der Waals surface area contributed by atoms with Crippen LogP contribution < -0.4 is 5.32 Å². The average Bonchev–Trinajstić information content (AvgIpc) is 3.12. The van der Waals surface area contributed by atoms with E-state index in [1.54, 1.807) is 4.90 Å². The SMILES string of the molecule is CCC1(OC)C(=O)N2C(C(=O)OCc3ccc([N+](=O)[O-])cc3)C(SCCNC(C)=O)CC21. The first-order valence-electron chi connectivity index (χ1n) is 10.4. The number of thioether (sulfide) groups is 1. The van der Waals surface area contributed by atoms with Gasteiger partial charge in [0.2, 0.25) is 5.91 Å². The maximum Gasteiger partial charge on any atom is 0.330 e. The van der Waals surface area contributed by atoms with E-state index in [1.807, 2.05) is 6.92 Å². The molecule has 1 aromatic carbocycles. The van der Waals surface area contributed by atoms with Gasteiger partial charge in [-0.25, -0.2) is 4.79 Å². The van der Waals surface area contributed by atoms with E-state index in [4.69, 9.17) is 9.47 Å². The third-order valence-corrected chi connectivity index (χ3v) is 7.36. The Hall–Kier alpha value is -2.66. The minimum absolute atomic E-state index is 0.0454. The van der Waals surface area contributed by atoms with Crippen molar-refractivity contribution in [3.63, 3.8) is 0 Å². The Kier molecular flexibility index (Phi) is 7.40. The van der Waals surface area contributed by atoms with E-state index in [2.05, 4.69) is 5.32 Å². The first-order chi connectivity index (χ1) is 15.2. The molecule has 32 heavy (non-hydrogen) atoms. The summed E-state index contributed by atoms with van der Waals surface area (Å²) in [5.74, 6) is -0.261. The van der Waals surface area contributed by atoms with Crippen LogP contribution in [0.3, 0.4) is 0 Å². The first kappa shape index (κ1) is 24.0. The van der Waals surface area contributed by atoms with Crippen molar-refractivity contribution >= 4 is 35.2 Å². The fourth-order valence-corrected chi connectivity index (χ4v) is 5.65. The van der Waals surface area contributed by atoms with Gasteiger partial charge < -0.3 is 19.7 Å². The largest absolute Gasteiger partial charge is 0.459 e. The third-order valence-electron chi connectivity index (χ3n) is 6.05. The minimum atomic E-state index is -0.913. The Balaban J connectivity index is 1.69. The molecule has 2 heterocycles. The highest BCUT2D eigenvalue weighted by Crippen LogP contribution is 2.49. The van der Waals surface area contributed by atoms with Crippen LogP contribution in [0.15, 0.2) is 24.3 Å². The Morgan fingerprint density at radius 3 is 2.59 bits per heavy atom. The lowest BCUT2D eigenvalue weighted by Gasteiger charge is -2.52. The zero-order valence-corrected chi connectivity index (χ0v) is 19.1. The summed E-state index contributed by atoms with van der Waals surface area (Å²) in [6.07, 6.45) is 1.10. The number of nitrogens with zero attached hydrogens (tertiary/aromatic N) is 2. The zero-order chi connectivity index (χ0) is 23.5. The number of carbonyl (C=O) groups excluding carboxylic acids is 3. The van der Waals surface area contributed by atoms with Crippen molar-refractivity contribution in [3.8, 4) is 0 Å². The Labute approximate surface area is 190 Å². The van der Waals surface area contributed by atoms with Crippen molar-refractivity contribution < 1.29 is 28.8 Å². The predicted molar refractivity (Wildman–Crippen MR) is 117 cm³/mol. The standard InChI is InChI=1S/C21H27N3O7S/c1-4-21(30-3)17-11-16(32-10-9-22-13(2)25)18(23(17)20(21)27)19(26)31-12-14-5-7-15(8-6-14)24(28)29/h5-8,16-18H,4,9-12H2,1-3H3,(H,22,25).